The fourth-order valence-corrected chi connectivity index (χ4v) is 5.85. The maximum Gasteiger partial charge on any atom is 0.344 e. The highest BCUT2D eigenvalue weighted by atomic mass is 35.5. The number of piperidine rings is 1. The van der Waals surface area contributed by atoms with Gasteiger partial charge in [-0.15, -0.1) is 5.10 Å². The van der Waals surface area contributed by atoms with Crippen LogP contribution in [0, 0.1) is 0 Å². The minimum absolute atomic E-state index is 0.0775. The lowest BCUT2D eigenvalue weighted by Crippen LogP contribution is -2.53. The monoisotopic (exact) mass is 486 g/mol. The van der Waals surface area contributed by atoms with Crippen LogP contribution in [0.25, 0.3) is 10.9 Å². The quantitative estimate of drug-likeness (QED) is 0.494. The first-order valence-electron chi connectivity index (χ1n) is 11.3. The number of H-pyrrole nitrogens is 1. The molecule has 0 unspecified atom stereocenters. The van der Waals surface area contributed by atoms with Crippen molar-refractivity contribution in [2.75, 3.05) is 25.0 Å². The second kappa shape index (κ2) is 8.70. The molecule has 2 aromatic heterocycles. The third-order valence-electron chi connectivity index (χ3n) is 6.89. The van der Waals surface area contributed by atoms with Gasteiger partial charge in [0.2, 0.25) is 0 Å². The predicted octanol–water partition coefficient (Wildman–Crippen LogP) is 5.72. The van der Waals surface area contributed by atoms with Gasteiger partial charge in [-0.05, 0) is 57.4 Å². The lowest BCUT2D eigenvalue weighted by Gasteiger charge is -2.44. The smallest absolute Gasteiger partial charge is 0.344 e. The summed E-state index contributed by atoms with van der Waals surface area (Å²) in [6, 6.07) is 7.57. The van der Waals surface area contributed by atoms with E-state index in [1.165, 1.54) is 11.1 Å². The number of aromatic nitrogens is 3. The van der Waals surface area contributed by atoms with Gasteiger partial charge in [-0.2, -0.15) is 4.68 Å². The molecule has 0 aliphatic carbocycles. The van der Waals surface area contributed by atoms with Crippen LogP contribution >= 0.6 is 23.2 Å². The molecule has 2 saturated heterocycles. The number of amides is 1. The molecule has 3 aromatic rings. The topological polar surface area (TPSA) is 69.2 Å². The normalized spacial score (nSPS) is 18.3. The fraction of sp³-hybridized carbons (Fsp3) is 0.417. The zero-order valence-corrected chi connectivity index (χ0v) is 20.2. The van der Waals surface area contributed by atoms with Crippen LogP contribution in [0.5, 0.6) is 0 Å². The lowest BCUT2D eigenvalue weighted by molar-refractivity contribution is 0.0578. The van der Waals surface area contributed by atoms with Crippen LogP contribution < -0.4 is 5.32 Å². The number of carbonyl (C=O) groups excluding carboxylic acids is 1. The number of benzene rings is 1. The molecule has 7 nitrogen and oxygen atoms in total. The zero-order valence-electron chi connectivity index (χ0n) is 18.7. The molecule has 0 radical (unpaired) electrons. The molecule has 0 bridgehead atoms. The number of nitrogens with zero attached hydrogens (tertiary/aromatic N) is 4. The van der Waals surface area contributed by atoms with Crippen LogP contribution in [-0.2, 0) is 6.54 Å². The fourth-order valence-electron chi connectivity index (χ4n) is 5.30. The lowest BCUT2D eigenvalue weighted by atomic mass is 9.85. The summed E-state index contributed by atoms with van der Waals surface area (Å²) in [6.07, 6.45) is 5.96. The van der Waals surface area contributed by atoms with Gasteiger partial charge in [0.25, 0.3) is 0 Å². The molecule has 9 heteroatoms. The highest BCUT2D eigenvalue weighted by molar-refractivity contribution is 6.38. The van der Waals surface area contributed by atoms with Gasteiger partial charge < -0.3 is 15.2 Å². The summed E-state index contributed by atoms with van der Waals surface area (Å²) in [5.41, 5.74) is 2.99. The highest BCUT2D eigenvalue weighted by Gasteiger charge is 2.44. The van der Waals surface area contributed by atoms with E-state index >= 15 is 0 Å². The van der Waals surface area contributed by atoms with Crippen molar-refractivity contribution in [1.82, 2.24) is 24.6 Å². The van der Waals surface area contributed by atoms with Crippen molar-refractivity contribution >= 4 is 46.0 Å². The number of rotatable bonds is 4. The van der Waals surface area contributed by atoms with Gasteiger partial charge in [-0.3, -0.25) is 4.90 Å². The van der Waals surface area contributed by atoms with E-state index in [1.54, 1.807) is 18.3 Å². The van der Waals surface area contributed by atoms with Crippen LogP contribution in [0.15, 0.2) is 42.7 Å². The van der Waals surface area contributed by atoms with Crippen LogP contribution in [0.4, 0.5) is 10.6 Å². The van der Waals surface area contributed by atoms with Crippen molar-refractivity contribution in [3.05, 3.63) is 58.5 Å². The number of aromatic amines is 1. The number of nitrogens with one attached hydrogen (secondary N) is 2. The van der Waals surface area contributed by atoms with Gasteiger partial charge in [-0.1, -0.05) is 29.8 Å². The molecule has 4 heterocycles. The van der Waals surface area contributed by atoms with Crippen molar-refractivity contribution in [3.63, 3.8) is 0 Å². The third kappa shape index (κ3) is 4.37. The van der Waals surface area contributed by atoms with Crippen molar-refractivity contribution in [1.29, 1.82) is 0 Å². The van der Waals surface area contributed by atoms with Crippen LogP contribution in [-0.4, -0.2) is 55.8 Å². The number of halogens is 2. The molecule has 2 aliphatic rings. The van der Waals surface area contributed by atoms with Crippen LogP contribution in [0.3, 0.4) is 0 Å². The second-order valence-electron chi connectivity index (χ2n) is 9.22. The summed E-state index contributed by atoms with van der Waals surface area (Å²) in [4.78, 5) is 20.9. The summed E-state index contributed by atoms with van der Waals surface area (Å²) >= 11 is 12.5. The summed E-state index contributed by atoms with van der Waals surface area (Å²) in [5.74, 6) is 0.631. The largest absolute Gasteiger partial charge is 0.356 e. The molecule has 2 fully saturated rings. The zero-order chi connectivity index (χ0) is 23.2. The van der Waals surface area contributed by atoms with Crippen LogP contribution in [0.2, 0.25) is 10.0 Å². The Morgan fingerprint density at radius 3 is 2.76 bits per heavy atom. The van der Waals surface area contributed by atoms with E-state index in [4.69, 9.17) is 23.2 Å². The van der Waals surface area contributed by atoms with Crippen molar-refractivity contribution in [2.45, 2.75) is 44.7 Å². The average Bonchev–Trinajstić information content (AvgIpc) is 3.48. The molecule has 1 aromatic carbocycles. The molecule has 5 rings (SSSR count). The molecule has 0 saturated carbocycles. The van der Waals surface area contributed by atoms with Crippen LogP contribution in [0.1, 0.15) is 38.3 Å². The molecule has 174 valence electrons. The number of likely N-dealkylation sites (tertiary alicyclic amines) is 2. The maximum atomic E-state index is 13.0. The summed E-state index contributed by atoms with van der Waals surface area (Å²) in [5, 5.41) is 9.71. The first kappa shape index (κ1) is 22.3. The summed E-state index contributed by atoms with van der Waals surface area (Å²) in [6.45, 7) is 9.04. The third-order valence-corrected chi connectivity index (χ3v) is 7.41. The Bertz CT molecular complexity index is 1210. The predicted molar refractivity (Wildman–Crippen MR) is 133 cm³/mol. The van der Waals surface area contributed by atoms with E-state index in [-0.39, 0.29) is 11.6 Å². The van der Waals surface area contributed by atoms with E-state index in [0.717, 1.165) is 67.7 Å². The first-order valence-corrected chi connectivity index (χ1v) is 12.1. The van der Waals surface area contributed by atoms with E-state index < -0.39 is 0 Å². The Hall–Kier alpha value is -2.48. The Balaban J connectivity index is 1.26. The van der Waals surface area contributed by atoms with E-state index in [9.17, 15) is 4.79 Å². The number of hydrogen-bond acceptors (Lipinski definition) is 4. The van der Waals surface area contributed by atoms with E-state index in [0.29, 0.717) is 15.9 Å². The molecule has 1 spiro atoms. The molecule has 1 amide bonds. The second-order valence-corrected chi connectivity index (χ2v) is 10.1. The minimum atomic E-state index is -0.0775. The standard InChI is InChI=1S/C24H28Cl2N6O/c1-16(2)27-21-4-9-32(29-21)23(33)30-10-6-24(7-11-30)5-3-8-31(24)15-19-13-17-12-18(25)14-20(26)22(17)28-19/h4,9,12-14,28H,1,3,5-8,10-11,15H2,2H3,(H,27,29). The number of hydrogen-bond donors (Lipinski definition) is 2. The average molecular weight is 487 g/mol. The van der Waals surface area contributed by atoms with Gasteiger partial charge in [0.1, 0.15) is 0 Å². The molecule has 2 aliphatic heterocycles. The Morgan fingerprint density at radius 1 is 1.21 bits per heavy atom. The number of carbonyl (C=O) groups is 1. The van der Waals surface area contributed by atoms with Crippen molar-refractivity contribution < 1.29 is 4.79 Å². The number of fused-ring (bicyclic) bond motifs is 1. The molecular formula is C24H28Cl2N6O. The highest BCUT2D eigenvalue weighted by Crippen LogP contribution is 2.40. The van der Waals surface area contributed by atoms with Gasteiger partial charge in [0.15, 0.2) is 5.82 Å². The molecule has 33 heavy (non-hydrogen) atoms. The van der Waals surface area contributed by atoms with Gasteiger partial charge in [0.05, 0.1) is 10.5 Å². The maximum absolute atomic E-state index is 13.0. The Labute approximate surface area is 203 Å². The number of anilines is 1. The SMILES string of the molecule is C=C(C)Nc1ccn(C(=O)N2CCC3(CCCN3Cc3cc4cc(Cl)cc(Cl)c4[nH]3)CC2)n1. The van der Waals surface area contributed by atoms with Gasteiger partial charge >= 0.3 is 6.03 Å². The Kier molecular flexibility index (Phi) is 5.89. The van der Waals surface area contributed by atoms with Crippen molar-refractivity contribution in [3.8, 4) is 0 Å². The van der Waals surface area contributed by atoms with E-state index in [2.05, 4.69) is 32.9 Å². The molecular weight excluding hydrogens is 459 g/mol. The number of allylic oxidation sites excluding steroid dienone is 1. The summed E-state index contributed by atoms with van der Waals surface area (Å²) in [7, 11) is 0. The first-order chi connectivity index (χ1) is 15.8. The minimum Gasteiger partial charge on any atom is -0.356 e. The summed E-state index contributed by atoms with van der Waals surface area (Å²) < 4.78 is 1.41. The van der Waals surface area contributed by atoms with Gasteiger partial charge in [-0.25, -0.2) is 4.79 Å². The Morgan fingerprint density at radius 2 is 2.00 bits per heavy atom. The van der Waals surface area contributed by atoms with Gasteiger partial charge in [0, 0.05) is 59.2 Å². The molecule has 0 atom stereocenters. The van der Waals surface area contributed by atoms with E-state index in [1.807, 2.05) is 17.9 Å². The molecule has 2 N–H and O–H groups in total. The van der Waals surface area contributed by atoms with Crippen molar-refractivity contribution in [2.24, 2.45) is 0 Å².